The molecule has 2 heterocycles. The van der Waals surface area contributed by atoms with E-state index in [4.69, 9.17) is 9.47 Å². The largest absolute Gasteiger partial charge is 0.461 e. The third-order valence-corrected chi connectivity index (χ3v) is 3.07. The fourth-order valence-electron chi connectivity index (χ4n) is 2.06. The average Bonchev–Trinajstić information content (AvgIpc) is 2.36. The molecule has 1 fully saturated rings. The number of morpholine rings is 1. The number of aromatic nitrogens is 2. The summed E-state index contributed by atoms with van der Waals surface area (Å²) in [6.45, 7) is 10.4. The molecule has 0 aromatic carbocycles. The maximum atomic E-state index is 5.77. The second-order valence-electron chi connectivity index (χ2n) is 5.41. The van der Waals surface area contributed by atoms with Gasteiger partial charge in [-0.15, -0.1) is 0 Å². The van der Waals surface area contributed by atoms with Crippen molar-refractivity contribution in [3.8, 4) is 6.01 Å². The third-order valence-electron chi connectivity index (χ3n) is 3.07. The van der Waals surface area contributed by atoms with Crippen LogP contribution in [0.5, 0.6) is 6.01 Å². The molecule has 1 aliphatic heterocycles. The summed E-state index contributed by atoms with van der Waals surface area (Å²) in [5, 5.41) is 3.32. The van der Waals surface area contributed by atoms with Crippen molar-refractivity contribution in [2.75, 3.05) is 19.7 Å². The summed E-state index contributed by atoms with van der Waals surface area (Å²) in [6, 6.07) is 2.45. The van der Waals surface area contributed by atoms with E-state index in [9.17, 15) is 0 Å². The molecule has 1 N–H and O–H groups in total. The van der Waals surface area contributed by atoms with Gasteiger partial charge in [0.05, 0.1) is 11.8 Å². The standard InChI is InChI=1S/C14H23N3O2/c1-9(2)13-5-10(3)16-14(17-13)18-8-12-7-15-6-11(4)19-12/h5,9,11-12,15H,6-8H2,1-4H3. The van der Waals surface area contributed by atoms with E-state index in [1.165, 1.54) is 0 Å². The Morgan fingerprint density at radius 1 is 1.42 bits per heavy atom. The van der Waals surface area contributed by atoms with Gasteiger partial charge in [-0.3, -0.25) is 0 Å². The van der Waals surface area contributed by atoms with E-state index in [1.54, 1.807) is 0 Å². The van der Waals surface area contributed by atoms with Gasteiger partial charge in [0.2, 0.25) is 0 Å². The van der Waals surface area contributed by atoms with E-state index >= 15 is 0 Å². The number of nitrogens with zero attached hydrogens (tertiary/aromatic N) is 2. The molecule has 19 heavy (non-hydrogen) atoms. The van der Waals surface area contributed by atoms with Crippen LogP contribution < -0.4 is 10.1 Å². The topological polar surface area (TPSA) is 56.3 Å². The molecule has 1 aromatic heterocycles. The Bertz CT molecular complexity index is 423. The molecule has 0 radical (unpaired) electrons. The van der Waals surface area contributed by atoms with Crippen LogP contribution in [0.4, 0.5) is 0 Å². The smallest absolute Gasteiger partial charge is 0.316 e. The van der Waals surface area contributed by atoms with E-state index < -0.39 is 0 Å². The molecule has 0 saturated carbocycles. The number of aryl methyl sites for hydroxylation is 1. The van der Waals surface area contributed by atoms with E-state index in [1.807, 2.05) is 13.0 Å². The van der Waals surface area contributed by atoms with Crippen LogP contribution in [0.1, 0.15) is 38.1 Å². The number of nitrogens with one attached hydrogen (secondary N) is 1. The summed E-state index contributed by atoms with van der Waals surface area (Å²) in [5.74, 6) is 0.372. The van der Waals surface area contributed by atoms with E-state index in [0.29, 0.717) is 18.5 Å². The predicted octanol–water partition coefficient (Wildman–Crippen LogP) is 1.66. The Labute approximate surface area is 114 Å². The first-order chi connectivity index (χ1) is 9.04. The van der Waals surface area contributed by atoms with Crippen LogP contribution >= 0.6 is 0 Å². The first-order valence-corrected chi connectivity index (χ1v) is 6.89. The monoisotopic (exact) mass is 265 g/mol. The summed E-state index contributed by atoms with van der Waals surface area (Å²) in [6.07, 6.45) is 0.294. The van der Waals surface area contributed by atoms with Crippen molar-refractivity contribution < 1.29 is 9.47 Å². The lowest BCUT2D eigenvalue weighted by molar-refractivity contribution is -0.0483. The molecule has 0 aliphatic carbocycles. The van der Waals surface area contributed by atoms with Gasteiger partial charge in [-0.2, -0.15) is 4.98 Å². The van der Waals surface area contributed by atoms with Crippen LogP contribution in [0.2, 0.25) is 0 Å². The summed E-state index contributed by atoms with van der Waals surface area (Å²) in [5.41, 5.74) is 1.95. The first-order valence-electron chi connectivity index (χ1n) is 6.89. The minimum absolute atomic E-state index is 0.0652. The molecular formula is C14H23N3O2. The predicted molar refractivity (Wildman–Crippen MR) is 73.6 cm³/mol. The fraction of sp³-hybridized carbons (Fsp3) is 0.714. The molecule has 1 aromatic rings. The molecule has 2 atom stereocenters. The lowest BCUT2D eigenvalue weighted by Crippen LogP contribution is -2.46. The highest BCUT2D eigenvalue weighted by atomic mass is 16.5. The summed E-state index contributed by atoms with van der Waals surface area (Å²) >= 11 is 0. The van der Waals surface area contributed by atoms with Crippen LogP contribution in [0, 0.1) is 6.92 Å². The maximum Gasteiger partial charge on any atom is 0.316 e. The highest BCUT2D eigenvalue weighted by molar-refractivity contribution is 5.15. The molecule has 5 heteroatoms. The molecule has 1 saturated heterocycles. The van der Waals surface area contributed by atoms with Gasteiger partial charge in [0.15, 0.2) is 0 Å². The lowest BCUT2D eigenvalue weighted by atomic mass is 10.1. The van der Waals surface area contributed by atoms with Gasteiger partial charge >= 0.3 is 6.01 Å². The zero-order valence-electron chi connectivity index (χ0n) is 12.1. The quantitative estimate of drug-likeness (QED) is 0.897. The zero-order chi connectivity index (χ0) is 13.8. The van der Waals surface area contributed by atoms with Gasteiger partial charge in [-0.25, -0.2) is 4.98 Å². The maximum absolute atomic E-state index is 5.77. The van der Waals surface area contributed by atoms with E-state index in [-0.39, 0.29) is 12.2 Å². The van der Waals surface area contributed by atoms with Crippen molar-refractivity contribution in [1.82, 2.24) is 15.3 Å². The summed E-state index contributed by atoms with van der Waals surface area (Å²) < 4.78 is 11.5. The molecule has 1 aliphatic rings. The first kappa shape index (κ1) is 14.2. The minimum Gasteiger partial charge on any atom is -0.461 e. The Balaban J connectivity index is 1.95. The molecule has 5 nitrogen and oxygen atoms in total. The van der Waals surface area contributed by atoms with Crippen LogP contribution in [0.3, 0.4) is 0 Å². The van der Waals surface area contributed by atoms with Crippen molar-refractivity contribution in [1.29, 1.82) is 0 Å². The molecule has 0 spiro atoms. The van der Waals surface area contributed by atoms with Crippen LogP contribution in [-0.2, 0) is 4.74 Å². The third kappa shape index (κ3) is 4.14. The fourth-order valence-corrected chi connectivity index (χ4v) is 2.06. The zero-order valence-corrected chi connectivity index (χ0v) is 12.1. The second kappa shape index (κ2) is 6.30. The average molecular weight is 265 g/mol. The number of hydrogen-bond donors (Lipinski definition) is 1. The van der Waals surface area contributed by atoms with Gasteiger partial charge in [-0.05, 0) is 25.8 Å². The molecule has 0 amide bonds. The van der Waals surface area contributed by atoms with Crippen molar-refractivity contribution >= 4 is 0 Å². The Morgan fingerprint density at radius 2 is 2.21 bits per heavy atom. The molecular weight excluding hydrogens is 242 g/mol. The summed E-state index contributed by atoms with van der Waals surface area (Å²) in [7, 11) is 0. The minimum atomic E-state index is 0.0652. The van der Waals surface area contributed by atoms with Gasteiger partial charge < -0.3 is 14.8 Å². The Kier molecular flexibility index (Phi) is 4.71. The van der Waals surface area contributed by atoms with Gasteiger partial charge in [0, 0.05) is 18.8 Å². The molecule has 2 unspecified atom stereocenters. The van der Waals surface area contributed by atoms with Crippen molar-refractivity contribution in [3.63, 3.8) is 0 Å². The highest BCUT2D eigenvalue weighted by Gasteiger charge is 2.19. The molecule has 2 rings (SSSR count). The van der Waals surface area contributed by atoms with E-state index in [0.717, 1.165) is 24.5 Å². The lowest BCUT2D eigenvalue weighted by Gasteiger charge is -2.28. The second-order valence-corrected chi connectivity index (χ2v) is 5.41. The molecule has 0 bridgehead atoms. The number of ether oxygens (including phenoxy) is 2. The number of rotatable bonds is 4. The Hall–Kier alpha value is -1.20. The van der Waals surface area contributed by atoms with Crippen molar-refractivity contribution in [2.45, 2.75) is 45.8 Å². The van der Waals surface area contributed by atoms with E-state index in [2.05, 4.69) is 36.1 Å². The van der Waals surface area contributed by atoms with Crippen LogP contribution in [0.15, 0.2) is 6.07 Å². The van der Waals surface area contributed by atoms with Crippen LogP contribution in [-0.4, -0.2) is 41.9 Å². The van der Waals surface area contributed by atoms with Crippen molar-refractivity contribution in [2.24, 2.45) is 0 Å². The van der Waals surface area contributed by atoms with Gasteiger partial charge in [0.25, 0.3) is 0 Å². The SMILES string of the molecule is Cc1cc(C(C)C)nc(OCC2CNCC(C)O2)n1. The normalized spacial score (nSPS) is 23.6. The van der Waals surface area contributed by atoms with Crippen LogP contribution in [0.25, 0.3) is 0 Å². The van der Waals surface area contributed by atoms with Gasteiger partial charge in [-0.1, -0.05) is 13.8 Å². The number of hydrogen-bond acceptors (Lipinski definition) is 5. The van der Waals surface area contributed by atoms with Gasteiger partial charge in [0.1, 0.15) is 12.7 Å². The molecule has 106 valence electrons. The van der Waals surface area contributed by atoms with Crippen molar-refractivity contribution in [3.05, 3.63) is 17.5 Å². The highest BCUT2D eigenvalue weighted by Crippen LogP contribution is 2.16. The summed E-state index contributed by atoms with van der Waals surface area (Å²) in [4.78, 5) is 8.74. The Morgan fingerprint density at radius 3 is 2.89 bits per heavy atom.